The monoisotopic (exact) mass is 474 g/mol. The molecule has 176 valence electrons. The van der Waals surface area contributed by atoms with Crippen molar-refractivity contribution in [2.45, 2.75) is 13.8 Å². The number of rotatable bonds is 4. The Morgan fingerprint density at radius 3 is 1.19 bits per heavy atom. The molecule has 2 aromatic heterocycles. The summed E-state index contributed by atoms with van der Waals surface area (Å²) in [5, 5.41) is 39.1. The maximum atomic E-state index is 10.5. The quantitative estimate of drug-likeness (QED) is 0.326. The van der Waals surface area contributed by atoms with Gasteiger partial charge < -0.3 is 10.2 Å². The van der Waals surface area contributed by atoms with Gasteiger partial charge in [0.1, 0.15) is 44.9 Å². The van der Waals surface area contributed by atoms with Crippen molar-refractivity contribution in [1.29, 1.82) is 0 Å². The molecule has 0 amide bonds. The lowest BCUT2D eigenvalue weighted by atomic mass is 9.96. The van der Waals surface area contributed by atoms with Gasteiger partial charge in [-0.15, -0.1) is 30.0 Å². The second-order valence-electron chi connectivity index (χ2n) is 8.61. The fourth-order valence-corrected chi connectivity index (χ4v) is 4.20. The smallest absolute Gasteiger partial charge is 0.143 e. The summed E-state index contributed by atoms with van der Waals surface area (Å²) in [5.74, 6) is 0.182. The second-order valence-corrected chi connectivity index (χ2v) is 8.61. The largest absolute Gasteiger partial charge is 0.506 e. The maximum absolute atomic E-state index is 10.5. The number of hydrogen-bond acceptors (Lipinski definition) is 6. The van der Waals surface area contributed by atoms with Crippen LogP contribution in [-0.2, 0) is 0 Å². The molecule has 4 aromatic carbocycles. The number of benzene rings is 4. The van der Waals surface area contributed by atoms with E-state index in [-0.39, 0.29) is 11.5 Å². The van der Waals surface area contributed by atoms with E-state index in [2.05, 4.69) is 20.4 Å². The number of nitrogens with zero attached hydrogens (tertiary/aromatic N) is 6. The molecule has 0 radical (unpaired) electrons. The molecular formula is C28H22N6O2. The normalized spacial score (nSPS) is 12.3. The first-order valence-corrected chi connectivity index (χ1v) is 11.5. The molecule has 0 spiro atoms. The summed E-state index contributed by atoms with van der Waals surface area (Å²) >= 11 is 0. The van der Waals surface area contributed by atoms with E-state index in [1.807, 2.05) is 86.6 Å². The minimum Gasteiger partial charge on any atom is -0.506 e. The Balaban J connectivity index is 1.41. The molecule has 0 aliphatic carbocycles. The van der Waals surface area contributed by atoms with Gasteiger partial charge in [0.2, 0.25) is 0 Å². The van der Waals surface area contributed by atoms with Gasteiger partial charge in [0.25, 0.3) is 0 Å². The molecule has 0 bridgehead atoms. The van der Waals surface area contributed by atoms with Crippen molar-refractivity contribution >= 4 is 33.2 Å². The summed E-state index contributed by atoms with van der Waals surface area (Å²) in [6.07, 6.45) is 0. The molecule has 0 atom stereocenters. The third-order valence-electron chi connectivity index (χ3n) is 6.38. The van der Waals surface area contributed by atoms with Gasteiger partial charge in [-0.05, 0) is 84.7 Å². The zero-order valence-corrected chi connectivity index (χ0v) is 19.7. The molecular weight excluding hydrogens is 452 g/mol. The van der Waals surface area contributed by atoms with Gasteiger partial charge in [0.05, 0.1) is 0 Å². The molecule has 0 saturated heterocycles. The molecule has 6 rings (SSSR count). The van der Waals surface area contributed by atoms with Crippen molar-refractivity contribution in [3.63, 3.8) is 0 Å². The fourth-order valence-electron chi connectivity index (χ4n) is 4.20. The van der Waals surface area contributed by atoms with Crippen LogP contribution in [0.15, 0.2) is 84.9 Å². The van der Waals surface area contributed by atoms with E-state index in [4.69, 9.17) is 0 Å². The molecule has 8 nitrogen and oxygen atoms in total. The van der Waals surface area contributed by atoms with Crippen LogP contribution in [0.4, 0.5) is 0 Å². The Bertz CT molecular complexity index is 1600. The van der Waals surface area contributed by atoms with Crippen LogP contribution in [0, 0.1) is 0 Å². The Morgan fingerprint density at radius 1 is 0.528 bits per heavy atom. The van der Waals surface area contributed by atoms with E-state index in [0.717, 1.165) is 44.3 Å². The average molecular weight is 475 g/mol. The zero-order chi connectivity index (χ0) is 24.8. The first-order chi connectivity index (χ1) is 17.5. The number of allylic oxidation sites excluding steroid dienone is 2. The Kier molecular flexibility index (Phi) is 5.00. The molecule has 0 aliphatic heterocycles. The molecule has 36 heavy (non-hydrogen) atoms. The average Bonchev–Trinajstić information content (AvgIpc) is 3.52. The van der Waals surface area contributed by atoms with Crippen molar-refractivity contribution < 1.29 is 10.2 Å². The van der Waals surface area contributed by atoms with Gasteiger partial charge in [0.15, 0.2) is 0 Å². The van der Waals surface area contributed by atoms with E-state index in [9.17, 15) is 10.2 Å². The SMILES string of the molecule is C/C(=C(/C)c1ccc(O)c(-n2nc3ccccc3n2)c1)c1ccc(O)c(-n2nc3ccccc3n2)c1. The van der Waals surface area contributed by atoms with Gasteiger partial charge >= 0.3 is 0 Å². The topological polar surface area (TPSA) is 102 Å². The van der Waals surface area contributed by atoms with Gasteiger partial charge in [-0.3, -0.25) is 0 Å². The Hall–Kier alpha value is -4.98. The van der Waals surface area contributed by atoms with E-state index < -0.39 is 0 Å². The first-order valence-electron chi connectivity index (χ1n) is 11.5. The number of phenols is 2. The summed E-state index contributed by atoms with van der Waals surface area (Å²) < 4.78 is 0. The molecule has 0 fully saturated rings. The number of phenolic OH excluding ortho intramolecular Hbond substituents is 2. The highest BCUT2D eigenvalue weighted by atomic mass is 16.3. The Morgan fingerprint density at radius 2 is 0.861 bits per heavy atom. The van der Waals surface area contributed by atoms with Gasteiger partial charge in [0, 0.05) is 0 Å². The van der Waals surface area contributed by atoms with E-state index in [1.54, 1.807) is 12.1 Å². The minimum atomic E-state index is 0.0910. The first kappa shape index (κ1) is 21.5. The zero-order valence-electron chi connectivity index (χ0n) is 19.7. The Labute approximate surface area is 206 Å². The molecule has 0 aliphatic rings. The highest BCUT2D eigenvalue weighted by molar-refractivity contribution is 5.90. The number of aromatic nitrogens is 6. The molecule has 0 saturated carbocycles. The van der Waals surface area contributed by atoms with Crippen molar-refractivity contribution in [2.75, 3.05) is 0 Å². The van der Waals surface area contributed by atoms with Gasteiger partial charge in [-0.25, -0.2) is 0 Å². The molecule has 8 heteroatoms. The van der Waals surface area contributed by atoms with Crippen molar-refractivity contribution in [1.82, 2.24) is 30.0 Å². The summed E-state index contributed by atoms with van der Waals surface area (Å²) in [6.45, 7) is 4.04. The molecule has 0 unspecified atom stereocenters. The van der Waals surface area contributed by atoms with Crippen molar-refractivity contribution in [2.24, 2.45) is 0 Å². The maximum Gasteiger partial charge on any atom is 0.143 e. The van der Waals surface area contributed by atoms with Gasteiger partial charge in [-0.2, -0.15) is 0 Å². The van der Waals surface area contributed by atoms with Crippen LogP contribution in [0.3, 0.4) is 0 Å². The van der Waals surface area contributed by atoms with Gasteiger partial charge in [-0.1, -0.05) is 36.4 Å². The van der Waals surface area contributed by atoms with Crippen molar-refractivity contribution in [3.8, 4) is 22.9 Å². The van der Waals surface area contributed by atoms with Crippen LogP contribution in [-0.4, -0.2) is 40.2 Å². The van der Waals surface area contributed by atoms with Crippen LogP contribution in [0.25, 0.3) is 44.6 Å². The van der Waals surface area contributed by atoms with Crippen LogP contribution in [0.1, 0.15) is 25.0 Å². The third-order valence-corrected chi connectivity index (χ3v) is 6.38. The summed E-state index contributed by atoms with van der Waals surface area (Å²) in [4.78, 5) is 2.91. The van der Waals surface area contributed by atoms with Crippen molar-refractivity contribution in [3.05, 3.63) is 96.1 Å². The second kappa shape index (κ2) is 8.35. The lowest BCUT2D eigenvalue weighted by Crippen LogP contribution is -2.01. The molecule has 2 heterocycles. The van der Waals surface area contributed by atoms with E-state index in [0.29, 0.717) is 11.4 Å². The fraction of sp³-hybridized carbons (Fsp3) is 0.0714. The van der Waals surface area contributed by atoms with Crippen LogP contribution >= 0.6 is 0 Å². The summed E-state index contributed by atoms with van der Waals surface area (Å²) in [6, 6.07) is 25.9. The molecule has 2 N–H and O–H groups in total. The highest BCUT2D eigenvalue weighted by Gasteiger charge is 2.14. The van der Waals surface area contributed by atoms with Crippen LogP contribution in [0.5, 0.6) is 11.5 Å². The lowest BCUT2D eigenvalue weighted by Gasteiger charge is -2.13. The number of hydrogen-bond donors (Lipinski definition) is 2. The van der Waals surface area contributed by atoms with Crippen LogP contribution in [0.2, 0.25) is 0 Å². The van der Waals surface area contributed by atoms with E-state index >= 15 is 0 Å². The summed E-state index contributed by atoms with van der Waals surface area (Å²) in [7, 11) is 0. The standard InChI is InChI=1S/C28H22N6O2/c1-17(19-11-13-27(35)25(15-19)33-29-21-7-3-4-8-22(21)30-33)18(2)20-12-14-28(36)26(16-20)34-31-23-9-5-6-10-24(23)32-34/h3-16,35-36H,1-2H3/b18-17+. The predicted octanol–water partition coefficient (Wildman–Crippen LogP) is 5.52. The predicted molar refractivity (Wildman–Crippen MR) is 139 cm³/mol. The highest BCUT2D eigenvalue weighted by Crippen LogP contribution is 2.33. The van der Waals surface area contributed by atoms with E-state index in [1.165, 1.54) is 9.59 Å². The third kappa shape index (κ3) is 3.65. The lowest BCUT2D eigenvalue weighted by molar-refractivity contribution is 0.467. The molecule has 6 aromatic rings. The summed E-state index contributed by atoms with van der Waals surface area (Å²) in [5.41, 5.74) is 7.84. The van der Waals surface area contributed by atoms with Crippen LogP contribution < -0.4 is 0 Å². The minimum absolute atomic E-state index is 0.0910. The number of fused-ring (bicyclic) bond motifs is 2. The number of aromatic hydroxyl groups is 2.